The highest BCUT2D eigenvalue weighted by atomic mass is 32.1. The summed E-state index contributed by atoms with van der Waals surface area (Å²) in [6.45, 7) is 9.44. The standard InChI is InChI=1S/C17H25N5OS/c1-12-8-14(3)22(20-12)9-15-4-6-21(7-5-15)10-16(23)19-17-18-13(2)11-24-17/h8,11,15H,4-7,9-10H2,1-3H3,(H,18,19,23). The Kier molecular flexibility index (Phi) is 5.30. The van der Waals surface area contributed by atoms with Gasteiger partial charge in [-0.15, -0.1) is 11.3 Å². The summed E-state index contributed by atoms with van der Waals surface area (Å²) >= 11 is 1.47. The summed E-state index contributed by atoms with van der Waals surface area (Å²) in [5, 5.41) is 10.1. The molecule has 0 unspecified atom stereocenters. The van der Waals surface area contributed by atoms with E-state index in [9.17, 15) is 4.79 Å². The van der Waals surface area contributed by atoms with E-state index in [4.69, 9.17) is 0 Å². The van der Waals surface area contributed by atoms with Gasteiger partial charge in [-0.05, 0) is 58.7 Å². The quantitative estimate of drug-likeness (QED) is 0.903. The van der Waals surface area contributed by atoms with E-state index in [0.29, 0.717) is 17.6 Å². The van der Waals surface area contributed by atoms with Crippen LogP contribution < -0.4 is 5.32 Å². The predicted octanol–water partition coefficient (Wildman–Crippen LogP) is 2.62. The van der Waals surface area contributed by atoms with Crippen molar-refractivity contribution in [2.24, 2.45) is 5.92 Å². The molecule has 0 radical (unpaired) electrons. The summed E-state index contributed by atoms with van der Waals surface area (Å²) in [6, 6.07) is 2.12. The molecule has 24 heavy (non-hydrogen) atoms. The topological polar surface area (TPSA) is 63.1 Å². The van der Waals surface area contributed by atoms with Gasteiger partial charge in [0.15, 0.2) is 5.13 Å². The largest absolute Gasteiger partial charge is 0.301 e. The summed E-state index contributed by atoms with van der Waals surface area (Å²) in [6.07, 6.45) is 2.23. The number of piperidine rings is 1. The van der Waals surface area contributed by atoms with Crippen LogP contribution in [0.4, 0.5) is 5.13 Å². The number of hydrogen-bond acceptors (Lipinski definition) is 5. The SMILES string of the molecule is Cc1csc(NC(=O)CN2CCC(Cn3nc(C)cc3C)CC2)n1. The second kappa shape index (κ2) is 7.44. The van der Waals surface area contributed by atoms with Crippen LogP contribution in [0.1, 0.15) is 29.9 Å². The Hall–Kier alpha value is -1.73. The lowest BCUT2D eigenvalue weighted by Gasteiger charge is -2.31. The first-order valence-corrected chi connectivity index (χ1v) is 9.33. The van der Waals surface area contributed by atoms with Crippen LogP contribution in [0, 0.1) is 26.7 Å². The van der Waals surface area contributed by atoms with Gasteiger partial charge in [0, 0.05) is 17.6 Å². The number of aromatic nitrogens is 3. The van der Waals surface area contributed by atoms with Gasteiger partial charge in [-0.3, -0.25) is 14.4 Å². The molecule has 7 heteroatoms. The highest BCUT2D eigenvalue weighted by molar-refractivity contribution is 7.13. The number of rotatable bonds is 5. The van der Waals surface area contributed by atoms with Gasteiger partial charge in [0.2, 0.25) is 5.91 Å². The average Bonchev–Trinajstić information content (AvgIpc) is 3.06. The van der Waals surface area contributed by atoms with Crippen molar-refractivity contribution in [1.29, 1.82) is 0 Å². The maximum Gasteiger partial charge on any atom is 0.240 e. The number of likely N-dealkylation sites (tertiary alicyclic amines) is 1. The number of aryl methyl sites for hydroxylation is 3. The van der Waals surface area contributed by atoms with Crippen LogP contribution in [0.3, 0.4) is 0 Å². The van der Waals surface area contributed by atoms with Crippen molar-refractivity contribution in [3.63, 3.8) is 0 Å². The molecule has 1 aliphatic rings. The molecule has 3 rings (SSSR count). The lowest BCUT2D eigenvalue weighted by Crippen LogP contribution is -2.40. The van der Waals surface area contributed by atoms with E-state index < -0.39 is 0 Å². The number of amides is 1. The molecular weight excluding hydrogens is 322 g/mol. The highest BCUT2D eigenvalue weighted by Gasteiger charge is 2.22. The zero-order valence-corrected chi connectivity index (χ0v) is 15.4. The summed E-state index contributed by atoms with van der Waals surface area (Å²) in [4.78, 5) is 18.6. The molecule has 0 spiro atoms. The van der Waals surface area contributed by atoms with Gasteiger partial charge >= 0.3 is 0 Å². The molecule has 6 nitrogen and oxygen atoms in total. The molecule has 2 aromatic rings. The molecule has 0 atom stereocenters. The van der Waals surface area contributed by atoms with Crippen LogP contribution in [0.15, 0.2) is 11.4 Å². The number of hydrogen-bond donors (Lipinski definition) is 1. The van der Waals surface area contributed by atoms with E-state index >= 15 is 0 Å². The number of nitrogens with zero attached hydrogens (tertiary/aromatic N) is 4. The van der Waals surface area contributed by atoms with E-state index in [0.717, 1.165) is 43.9 Å². The van der Waals surface area contributed by atoms with Gasteiger partial charge in [-0.25, -0.2) is 4.98 Å². The van der Waals surface area contributed by atoms with E-state index in [1.54, 1.807) is 0 Å². The molecule has 0 aromatic carbocycles. The zero-order chi connectivity index (χ0) is 17.1. The third kappa shape index (κ3) is 4.42. The fraction of sp³-hybridized carbons (Fsp3) is 0.588. The average molecular weight is 347 g/mol. The summed E-state index contributed by atoms with van der Waals surface area (Å²) in [7, 11) is 0. The van der Waals surface area contributed by atoms with Gasteiger partial charge in [0.1, 0.15) is 0 Å². The summed E-state index contributed by atoms with van der Waals surface area (Å²) in [5.41, 5.74) is 3.26. The molecule has 0 bridgehead atoms. The van der Waals surface area contributed by atoms with Crippen molar-refractivity contribution in [1.82, 2.24) is 19.7 Å². The maximum absolute atomic E-state index is 12.1. The van der Waals surface area contributed by atoms with Crippen molar-refractivity contribution >= 4 is 22.4 Å². The first-order chi connectivity index (χ1) is 11.5. The van der Waals surface area contributed by atoms with Crippen LogP contribution in [0.25, 0.3) is 0 Å². The number of nitrogens with one attached hydrogen (secondary N) is 1. The van der Waals surface area contributed by atoms with Crippen LogP contribution in [-0.2, 0) is 11.3 Å². The van der Waals surface area contributed by atoms with Crippen molar-refractivity contribution in [2.75, 3.05) is 25.0 Å². The Morgan fingerprint density at radius 2 is 2.04 bits per heavy atom. The third-order valence-electron chi connectivity index (χ3n) is 4.47. The Bertz CT molecular complexity index is 700. The fourth-order valence-corrected chi connectivity index (χ4v) is 3.91. The monoisotopic (exact) mass is 347 g/mol. The molecule has 1 fully saturated rings. The predicted molar refractivity (Wildman–Crippen MR) is 96.3 cm³/mol. The Labute approximate surface area is 146 Å². The number of carbonyl (C=O) groups is 1. The molecule has 0 aliphatic carbocycles. The summed E-state index contributed by atoms with van der Waals surface area (Å²) in [5.74, 6) is 0.672. The minimum atomic E-state index is 0.0290. The van der Waals surface area contributed by atoms with Crippen molar-refractivity contribution in [3.05, 3.63) is 28.5 Å². The molecule has 3 heterocycles. The molecule has 1 saturated heterocycles. The Morgan fingerprint density at radius 1 is 1.29 bits per heavy atom. The van der Waals surface area contributed by atoms with Gasteiger partial charge in [-0.2, -0.15) is 5.10 Å². The molecule has 2 aromatic heterocycles. The van der Waals surface area contributed by atoms with Gasteiger partial charge < -0.3 is 5.32 Å². The van der Waals surface area contributed by atoms with Gasteiger partial charge in [-0.1, -0.05) is 0 Å². The highest BCUT2D eigenvalue weighted by Crippen LogP contribution is 2.20. The van der Waals surface area contributed by atoms with E-state index in [1.165, 1.54) is 17.0 Å². The molecular formula is C17H25N5OS. The Morgan fingerprint density at radius 3 is 2.62 bits per heavy atom. The second-order valence-electron chi connectivity index (χ2n) is 6.67. The molecule has 1 amide bonds. The third-order valence-corrected chi connectivity index (χ3v) is 5.35. The maximum atomic E-state index is 12.1. The van der Waals surface area contributed by atoms with Crippen molar-refractivity contribution in [3.8, 4) is 0 Å². The van der Waals surface area contributed by atoms with Gasteiger partial charge in [0.05, 0.1) is 17.9 Å². The van der Waals surface area contributed by atoms with E-state index in [1.807, 2.05) is 19.2 Å². The van der Waals surface area contributed by atoms with E-state index in [-0.39, 0.29) is 5.91 Å². The number of thiazole rings is 1. The molecule has 1 aliphatic heterocycles. The summed E-state index contributed by atoms with van der Waals surface area (Å²) < 4.78 is 2.12. The zero-order valence-electron chi connectivity index (χ0n) is 14.6. The first-order valence-electron chi connectivity index (χ1n) is 8.45. The normalized spacial score (nSPS) is 16.5. The van der Waals surface area contributed by atoms with Gasteiger partial charge in [0.25, 0.3) is 0 Å². The fourth-order valence-electron chi connectivity index (χ4n) is 3.20. The molecule has 1 N–H and O–H groups in total. The van der Waals surface area contributed by atoms with Crippen molar-refractivity contribution < 1.29 is 4.79 Å². The second-order valence-corrected chi connectivity index (χ2v) is 7.53. The smallest absolute Gasteiger partial charge is 0.240 e. The van der Waals surface area contributed by atoms with Crippen molar-refractivity contribution in [2.45, 2.75) is 40.2 Å². The minimum Gasteiger partial charge on any atom is -0.301 e. The van der Waals surface area contributed by atoms with Crippen LogP contribution >= 0.6 is 11.3 Å². The number of anilines is 1. The molecule has 130 valence electrons. The Balaban J connectivity index is 1.43. The van der Waals surface area contributed by atoms with E-state index in [2.05, 4.69) is 38.0 Å². The first kappa shape index (κ1) is 17.1. The van der Waals surface area contributed by atoms with Crippen LogP contribution in [0.5, 0.6) is 0 Å². The minimum absolute atomic E-state index is 0.0290. The lowest BCUT2D eigenvalue weighted by molar-refractivity contribution is -0.117. The van der Waals surface area contributed by atoms with Crippen LogP contribution in [0.2, 0.25) is 0 Å². The van der Waals surface area contributed by atoms with Crippen LogP contribution in [-0.4, -0.2) is 45.2 Å². The number of carbonyl (C=O) groups excluding carboxylic acids is 1. The lowest BCUT2D eigenvalue weighted by atomic mass is 9.97. The molecule has 0 saturated carbocycles.